The third kappa shape index (κ3) is 5.84. The minimum atomic E-state index is -0.208. The van der Waals surface area contributed by atoms with Crippen LogP contribution in [0.4, 0.5) is 0 Å². The number of carbonyl (C=O) groups excluding carboxylic acids is 2. The zero-order valence-electron chi connectivity index (χ0n) is 16.3. The molecule has 0 saturated carbocycles. The molecule has 1 aliphatic rings. The Morgan fingerprint density at radius 3 is 2.45 bits per heavy atom. The van der Waals surface area contributed by atoms with Crippen molar-refractivity contribution >= 4 is 41.1 Å². The van der Waals surface area contributed by atoms with Gasteiger partial charge in [-0.3, -0.25) is 9.59 Å². The largest absolute Gasteiger partial charge is 0.349 e. The maximum absolute atomic E-state index is 12.6. The van der Waals surface area contributed by atoms with Gasteiger partial charge in [0.15, 0.2) is 0 Å². The van der Waals surface area contributed by atoms with Crippen LogP contribution in [0.5, 0.6) is 0 Å². The first-order chi connectivity index (χ1) is 13.9. The zero-order chi connectivity index (χ0) is 20.8. The summed E-state index contributed by atoms with van der Waals surface area (Å²) in [7, 11) is 0. The summed E-state index contributed by atoms with van der Waals surface area (Å²) in [6.45, 7) is 3.05. The highest BCUT2D eigenvalue weighted by molar-refractivity contribution is 6.35. The van der Waals surface area contributed by atoms with Gasteiger partial charge in [0.2, 0.25) is 11.8 Å². The molecule has 0 spiro atoms. The van der Waals surface area contributed by atoms with Gasteiger partial charge in [-0.1, -0.05) is 59.6 Å². The maximum Gasteiger partial charge on any atom is 0.246 e. The highest BCUT2D eigenvalue weighted by Gasteiger charge is 2.27. The predicted octanol–water partition coefficient (Wildman–Crippen LogP) is 5.12. The van der Waals surface area contributed by atoms with E-state index in [0.717, 1.165) is 11.1 Å². The van der Waals surface area contributed by atoms with Gasteiger partial charge < -0.3 is 10.2 Å². The average molecular weight is 431 g/mol. The highest BCUT2D eigenvalue weighted by atomic mass is 35.5. The topological polar surface area (TPSA) is 49.4 Å². The summed E-state index contributed by atoms with van der Waals surface area (Å²) in [5.74, 6) is -0.129. The molecule has 1 unspecified atom stereocenters. The molecule has 29 heavy (non-hydrogen) atoms. The van der Waals surface area contributed by atoms with Gasteiger partial charge in [-0.25, -0.2) is 0 Å². The molecule has 1 atom stereocenters. The van der Waals surface area contributed by atoms with Crippen molar-refractivity contribution in [1.82, 2.24) is 10.2 Å². The number of halogens is 2. The van der Waals surface area contributed by atoms with E-state index >= 15 is 0 Å². The van der Waals surface area contributed by atoms with Gasteiger partial charge in [0, 0.05) is 35.1 Å². The third-order valence-corrected chi connectivity index (χ3v) is 5.75. The lowest BCUT2D eigenvalue weighted by Gasteiger charge is -2.31. The van der Waals surface area contributed by atoms with Crippen LogP contribution in [0.3, 0.4) is 0 Å². The number of benzene rings is 2. The number of carbonyl (C=O) groups is 2. The first kappa shape index (κ1) is 21.4. The van der Waals surface area contributed by atoms with E-state index in [-0.39, 0.29) is 23.8 Å². The number of nitrogens with zero attached hydrogens (tertiary/aromatic N) is 1. The summed E-state index contributed by atoms with van der Waals surface area (Å²) < 4.78 is 0. The van der Waals surface area contributed by atoms with Crippen LogP contribution in [0.2, 0.25) is 10.0 Å². The molecule has 0 radical (unpaired) electrons. The Labute approximate surface area is 181 Å². The van der Waals surface area contributed by atoms with Crippen LogP contribution in [0.1, 0.15) is 36.9 Å². The number of hydrogen-bond acceptors (Lipinski definition) is 2. The van der Waals surface area contributed by atoms with E-state index in [0.29, 0.717) is 36.0 Å². The van der Waals surface area contributed by atoms with E-state index in [9.17, 15) is 9.59 Å². The van der Waals surface area contributed by atoms with Crippen molar-refractivity contribution in [1.29, 1.82) is 0 Å². The summed E-state index contributed by atoms with van der Waals surface area (Å²) in [5, 5.41) is 4.14. The minimum absolute atomic E-state index is 0.00422. The Bertz CT molecular complexity index is 891. The molecular formula is C23H24Cl2N2O2. The fourth-order valence-electron chi connectivity index (χ4n) is 3.46. The van der Waals surface area contributed by atoms with Crippen molar-refractivity contribution in [2.24, 2.45) is 5.92 Å². The number of piperidine rings is 1. The van der Waals surface area contributed by atoms with E-state index < -0.39 is 0 Å². The Hall–Kier alpha value is -2.30. The molecule has 1 N–H and O–H groups in total. The molecule has 4 nitrogen and oxygen atoms in total. The predicted molar refractivity (Wildman–Crippen MR) is 118 cm³/mol. The van der Waals surface area contributed by atoms with E-state index in [1.165, 1.54) is 0 Å². The molecule has 1 heterocycles. The molecule has 1 saturated heterocycles. The first-order valence-corrected chi connectivity index (χ1v) is 10.5. The van der Waals surface area contributed by atoms with Crippen molar-refractivity contribution in [3.05, 3.63) is 75.8 Å². The van der Waals surface area contributed by atoms with E-state index in [1.54, 1.807) is 23.1 Å². The molecule has 0 aliphatic carbocycles. The van der Waals surface area contributed by atoms with Gasteiger partial charge in [-0.05, 0) is 49.1 Å². The van der Waals surface area contributed by atoms with Gasteiger partial charge in [0.05, 0.1) is 6.04 Å². The lowest BCUT2D eigenvalue weighted by molar-refractivity contribution is -0.132. The van der Waals surface area contributed by atoms with Crippen LogP contribution >= 0.6 is 23.2 Å². The van der Waals surface area contributed by atoms with Crippen LogP contribution in [0, 0.1) is 5.92 Å². The molecule has 2 amide bonds. The quantitative estimate of drug-likeness (QED) is 0.668. The van der Waals surface area contributed by atoms with Gasteiger partial charge >= 0.3 is 0 Å². The monoisotopic (exact) mass is 430 g/mol. The first-order valence-electron chi connectivity index (χ1n) is 9.71. The van der Waals surface area contributed by atoms with E-state index in [2.05, 4.69) is 5.32 Å². The highest BCUT2D eigenvalue weighted by Crippen LogP contribution is 2.27. The van der Waals surface area contributed by atoms with Gasteiger partial charge in [-0.2, -0.15) is 0 Å². The second-order valence-corrected chi connectivity index (χ2v) is 8.08. The summed E-state index contributed by atoms with van der Waals surface area (Å²) in [4.78, 5) is 26.8. The Balaban J connectivity index is 1.50. The molecule has 0 bridgehead atoms. The Kier molecular flexibility index (Phi) is 7.34. The fraction of sp³-hybridized carbons (Fsp3) is 0.304. The fourth-order valence-corrected chi connectivity index (χ4v) is 4.03. The second-order valence-electron chi connectivity index (χ2n) is 7.24. The number of rotatable bonds is 5. The molecule has 6 heteroatoms. The lowest BCUT2D eigenvalue weighted by atomic mass is 9.95. The molecule has 1 fully saturated rings. The normalized spacial score (nSPS) is 16.0. The summed E-state index contributed by atoms with van der Waals surface area (Å²) in [6, 6.07) is 14.8. The van der Waals surface area contributed by atoms with Crippen LogP contribution < -0.4 is 5.32 Å². The average Bonchev–Trinajstić information content (AvgIpc) is 2.72. The molecular weight excluding hydrogens is 407 g/mol. The van der Waals surface area contributed by atoms with E-state index in [1.807, 2.05) is 49.4 Å². The van der Waals surface area contributed by atoms with Crippen LogP contribution in [-0.2, 0) is 9.59 Å². The third-order valence-electron chi connectivity index (χ3n) is 5.18. The number of likely N-dealkylation sites (tertiary alicyclic amines) is 1. The molecule has 2 aromatic carbocycles. The maximum atomic E-state index is 12.6. The molecule has 1 aliphatic heterocycles. The van der Waals surface area contributed by atoms with Gasteiger partial charge in [-0.15, -0.1) is 0 Å². The van der Waals surface area contributed by atoms with Crippen molar-refractivity contribution in [2.75, 3.05) is 13.1 Å². The van der Waals surface area contributed by atoms with Crippen molar-refractivity contribution in [3.8, 4) is 0 Å². The number of amides is 2. The van der Waals surface area contributed by atoms with Crippen molar-refractivity contribution < 1.29 is 9.59 Å². The van der Waals surface area contributed by atoms with Crippen molar-refractivity contribution in [3.63, 3.8) is 0 Å². The van der Waals surface area contributed by atoms with Gasteiger partial charge in [0.1, 0.15) is 0 Å². The molecule has 2 aromatic rings. The van der Waals surface area contributed by atoms with Crippen LogP contribution in [0.25, 0.3) is 6.08 Å². The molecule has 152 valence electrons. The molecule has 0 aromatic heterocycles. The zero-order valence-corrected chi connectivity index (χ0v) is 17.8. The smallest absolute Gasteiger partial charge is 0.246 e. The second kappa shape index (κ2) is 9.95. The summed E-state index contributed by atoms with van der Waals surface area (Å²) in [5.41, 5.74) is 1.83. The van der Waals surface area contributed by atoms with Gasteiger partial charge in [0.25, 0.3) is 0 Å². The number of nitrogens with one attached hydrogen (secondary N) is 1. The van der Waals surface area contributed by atoms with Crippen LogP contribution in [0.15, 0.2) is 54.6 Å². The standard InChI is InChI=1S/C23H24Cl2N2O2/c1-16(20-9-8-19(24)15-21(20)25)26-23(29)18-11-13-27(14-12-18)22(28)10-7-17-5-3-2-4-6-17/h2-10,15-16,18H,11-14H2,1H3,(H,26,29). The van der Waals surface area contributed by atoms with Crippen molar-refractivity contribution in [2.45, 2.75) is 25.8 Å². The lowest BCUT2D eigenvalue weighted by Crippen LogP contribution is -2.43. The number of hydrogen-bond donors (Lipinski definition) is 1. The Morgan fingerprint density at radius 1 is 1.10 bits per heavy atom. The summed E-state index contributed by atoms with van der Waals surface area (Å²) in [6.07, 6.45) is 4.72. The Morgan fingerprint density at radius 2 is 1.79 bits per heavy atom. The van der Waals surface area contributed by atoms with Crippen LogP contribution in [-0.4, -0.2) is 29.8 Å². The molecule has 3 rings (SSSR count). The SMILES string of the molecule is CC(NC(=O)C1CCN(C(=O)C=Cc2ccccc2)CC1)c1ccc(Cl)cc1Cl. The summed E-state index contributed by atoms with van der Waals surface area (Å²) >= 11 is 12.2. The van der Waals surface area contributed by atoms with E-state index in [4.69, 9.17) is 23.2 Å². The minimum Gasteiger partial charge on any atom is -0.349 e.